The van der Waals surface area contributed by atoms with Gasteiger partial charge in [-0.2, -0.15) is 0 Å². The van der Waals surface area contributed by atoms with Crippen molar-refractivity contribution < 1.29 is 0 Å². The molecule has 0 aliphatic rings. The van der Waals surface area contributed by atoms with Gasteiger partial charge in [-0.25, -0.2) is 0 Å². The Bertz CT molecular complexity index is 459. The molecule has 0 saturated carbocycles. The van der Waals surface area contributed by atoms with Gasteiger partial charge in [0.05, 0.1) is 0 Å². The van der Waals surface area contributed by atoms with Crippen LogP contribution in [0.15, 0.2) is 24.5 Å². The van der Waals surface area contributed by atoms with Crippen LogP contribution in [-0.4, -0.2) is 4.98 Å². The van der Waals surface area contributed by atoms with Gasteiger partial charge in [-0.3, -0.25) is 4.98 Å². The zero-order valence-electron chi connectivity index (χ0n) is 22.8. The molecule has 0 radical (unpaired) electrons. The van der Waals surface area contributed by atoms with E-state index in [0.29, 0.717) is 0 Å². The van der Waals surface area contributed by atoms with E-state index in [1.807, 2.05) is 6.20 Å². The lowest BCUT2D eigenvalue weighted by molar-refractivity contribution is 0.380. The van der Waals surface area contributed by atoms with E-state index in [1.54, 1.807) is 0 Å². The molecule has 0 aliphatic heterocycles. The SMILES string of the molecule is CCCCCCCCCCCCC(CCCCCCCCCCCC)CCc1cccnc1. The molecule has 0 aliphatic carbocycles. The highest BCUT2D eigenvalue weighted by Crippen LogP contribution is 2.24. The molecule has 0 unspecified atom stereocenters. The number of aryl methyl sites for hydroxylation is 1. The van der Waals surface area contributed by atoms with Gasteiger partial charge in [-0.1, -0.05) is 161 Å². The summed E-state index contributed by atoms with van der Waals surface area (Å²) in [5, 5.41) is 0. The van der Waals surface area contributed by atoms with Gasteiger partial charge in [0.15, 0.2) is 0 Å². The molecule has 0 saturated heterocycles. The van der Waals surface area contributed by atoms with E-state index in [-0.39, 0.29) is 0 Å². The summed E-state index contributed by atoms with van der Waals surface area (Å²) in [6.07, 6.45) is 38.4. The Hall–Kier alpha value is -0.850. The van der Waals surface area contributed by atoms with Crippen molar-refractivity contribution in [3.05, 3.63) is 30.1 Å². The summed E-state index contributed by atoms with van der Waals surface area (Å²) in [5.41, 5.74) is 1.42. The average Bonchev–Trinajstić information content (AvgIpc) is 2.85. The fraction of sp³-hybridized carbons (Fsp3) is 0.844. The molecule has 0 amide bonds. The fourth-order valence-electron chi connectivity index (χ4n) is 5.19. The van der Waals surface area contributed by atoms with Gasteiger partial charge < -0.3 is 0 Å². The third-order valence-electron chi connectivity index (χ3n) is 7.50. The standard InChI is InChI=1S/C32H59N/c1-3-5-7-9-11-13-15-17-19-21-24-31(27-28-32-26-23-29-33-30-32)25-22-20-18-16-14-12-10-8-6-4-2/h23,26,29-31H,3-22,24-25,27-28H2,1-2H3. The average molecular weight is 458 g/mol. The summed E-state index contributed by atoms with van der Waals surface area (Å²) >= 11 is 0. The maximum Gasteiger partial charge on any atom is 0.0299 e. The summed E-state index contributed by atoms with van der Waals surface area (Å²) in [5.74, 6) is 0.924. The monoisotopic (exact) mass is 457 g/mol. The zero-order chi connectivity index (χ0) is 23.7. The first-order chi connectivity index (χ1) is 16.4. The second kappa shape index (κ2) is 24.3. The summed E-state index contributed by atoms with van der Waals surface area (Å²) in [6, 6.07) is 4.35. The van der Waals surface area contributed by atoms with Gasteiger partial charge >= 0.3 is 0 Å². The second-order valence-corrected chi connectivity index (χ2v) is 10.7. The molecule has 1 heteroatoms. The van der Waals surface area contributed by atoms with Crippen LogP contribution in [0.4, 0.5) is 0 Å². The number of aromatic nitrogens is 1. The second-order valence-electron chi connectivity index (χ2n) is 10.7. The highest BCUT2D eigenvalue weighted by Gasteiger charge is 2.09. The van der Waals surface area contributed by atoms with E-state index in [4.69, 9.17) is 0 Å². The zero-order valence-corrected chi connectivity index (χ0v) is 22.8. The minimum Gasteiger partial charge on any atom is -0.264 e. The third kappa shape index (κ3) is 20.3. The van der Waals surface area contributed by atoms with Crippen LogP contribution in [0.1, 0.15) is 167 Å². The molecule has 1 aromatic heterocycles. The molecule has 1 aromatic rings. The van der Waals surface area contributed by atoms with E-state index in [2.05, 4.69) is 37.2 Å². The van der Waals surface area contributed by atoms with E-state index in [9.17, 15) is 0 Å². The summed E-state index contributed by atoms with van der Waals surface area (Å²) in [6.45, 7) is 4.61. The van der Waals surface area contributed by atoms with E-state index >= 15 is 0 Å². The molecule has 33 heavy (non-hydrogen) atoms. The molecule has 1 nitrogen and oxygen atoms in total. The van der Waals surface area contributed by atoms with Crippen molar-refractivity contribution in [1.82, 2.24) is 4.98 Å². The predicted molar refractivity (Wildman–Crippen MR) is 149 cm³/mol. The van der Waals surface area contributed by atoms with Crippen molar-refractivity contribution in [3.63, 3.8) is 0 Å². The van der Waals surface area contributed by atoms with Crippen LogP contribution in [0.2, 0.25) is 0 Å². The lowest BCUT2D eigenvalue weighted by Gasteiger charge is -2.17. The molecule has 1 heterocycles. The topological polar surface area (TPSA) is 12.9 Å². The first-order valence-electron chi connectivity index (χ1n) is 15.3. The first-order valence-corrected chi connectivity index (χ1v) is 15.3. The van der Waals surface area contributed by atoms with Crippen molar-refractivity contribution >= 4 is 0 Å². The van der Waals surface area contributed by atoms with E-state index < -0.39 is 0 Å². The van der Waals surface area contributed by atoms with Crippen LogP contribution in [0, 0.1) is 5.92 Å². The fourth-order valence-corrected chi connectivity index (χ4v) is 5.19. The molecular weight excluding hydrogens is 398 g/mol. The lowest BCUT2D eigenvalue weighted by atomic mass is 9.89. The van der Waals surface area contributed by atoms with Gasteiger partial charge in [-0.05, 0) is 30.4 Å². The first kappa shape index (κ1) is 30.2. The van der Waals surface area contributed by atoms with Crippen LogP contribution < -0.4 is 0 Å². The van der Waals surface area contributed by atoms with E-state index in [0.717, 1.165) is 5.92 Å². The Labute approximate surface area is 209 Å². The highest BCUT2D eigenvalue weighted by atomic mass is 14.6. The van der Waals surface area contributed by atoms with E-state index in [1.165, 1.54) is 160 Å². The maximum atomic E-state index is 4.32. The molecule has 0 bridgehead atoms. The predicted octanol–water partition coefficient (Wildman–Crippen LogP) is 11.3. The van der Waals surface area contributed by atoms with Crippen molar-refractivity contribution in [2.24, 2.45) is 5.92 Å². The Morgan fingerprint density at radius 1 is 0.545 bits per heavy atom. The molecule has 0 N–H and O–H groups in total. The lowest BCUT2D eigenvalue weighted by Crippen LogP contribution is -2.03. The van der Waals surface area contributed by atoms with Crippen molar-refractivity contribution in [3.8, 4) is 0 Å². The Morgan fingerprint density at radius 3 is 1.36 bits per heavy atom. The quantitative estimate of drug-likeness (QED) is 0.133. The number of hydrogen-bond donors (Lipinski definition) is 0. The van der Waals surface area contributed by atoms with Crippen molar-refractivity contribution in [1.29, 1.82) is 0 Å². The van der Waals surface area contributed by atoms with Gasteiger partial charge in [0, 0.05) is 12.4 Å². The highest BCUT2D eigenvalue weighted by molar-refractivity contribution is 5.08. The van der Waals surface area contributed by atoms with Crippen LogP contribution >= 0.6 is 0 Å². The van der Waals surface area contributed by atoms with Crippen LogP contribution in [-0.2, 0) is 6.42 Å². The van der Waals surface area contributed by atoms with Gasteiger partial charge in [0.25, 0.3) is 0 Å². The molecule has 0 fully saturated rings. The molecule has 0 spiro atoms. The third-order valence-corrected chi connectivity index (χ3v) is 7.50. The minimum absolute atomic E-state index is 0.924. The van der Waals surface area contributed by atoms with Crippen molar-refractivity contribution in [2.45, 2.75) is 168 Å². The summed E-state index contributed by atoms with van der Waals surface area (Å²) < 4.78 is 0. The Morgan fingerprint density at radius 2 is 0.970 bits per heavy atom. The molecule has 1 rings (SSSR count). The van der Waals surface area contributed by atoms with Gasteiger partial charge in [-0.15, -0.1) is 0 Å². The minimum atomic E-state index is 0.924. The molecular formula is C32H59N. The molecule has 192 valence electrons. The van der Waals surface area contributed by atoms with Crippen LogP contribution in [0.25, 0.3) is 0 Å². The van der Waals surface area contributed by atoms with Crippen LogP contribution in [0.3, 0.4) is 0 Å². The number of hydrogen-bond acceptors (Lipinski definition) is 1. The maximum absolute atomic E-state index is 4.32. The van der Waals surface area contributed by atoms with Crippen molar-refractivity contribution in [2.75, 3.05) is 0 Å². The van der Waals surface area contributed by atoms with Gasteiger partial charge in [0.1, 0.15) is 0 Å². The number of pyridine rings is 1. The molecule has 0 atom stereocenters. The largest absolute Gasteiger partial charge is 0.264 e. The normalized spacial score (nSPS) is 11.5. The Kier molecular flexibility index (Phi) is 22.2. The number of unbranched alkanes of at least 4 members (excludes halogenated alkanes) is 18. The smallest absolute Gasteiger partial charge is 0.0299 e. The summed E-state index contributed by atoms with van der Waals surface area (Å²) in [4.78, 5) is 4.32. The van der Waals surface area contributed by atoms with Gasteiger partial charge in [0.2, 0.25) is 0 Å². The Balaban J connectivity index is 2.12. The number of nitrogens with zero attached hydrogens (tertiary/aromatic N) is 1. The number of rotatable bonds is 25. The summed E-state index contributed by atoms with van der Waals surface area (Å²) in [7, 11) is 0. The van der Waals surface area contributed by atoms with Crippen LogP contribution in [0.5, 0.6) is 0 Å². The molecule has 0 aromatic carbocycles.